The Morgan fingerprint density at radius 1 is 1.64 bits per heavy atom. The summed E-state index contributed by atoms with van der Waals surface area (Å²) in [7, 11) is 3.85. The normalized spacial score (nSPS) is 18.3. The monoisotopic (exact) mass is 200 g/mol. The van der Waals surface area contributed by atoms with Crippen LogP contribution in [0.5, 0.6) is 0 Å². The Kier molecular flexibility index (Phi) is 4.35. The van der Waals surface area contributed by atoms with Crippen LogP contribution in [0.4, 0.5) is 0 Å². The lowest BCUT2D eigenvalue weighted by Gasteiger charge is -2.21. The maximum absolute atomic E-state index is 11.4. The lowest BCUT2D eigenvalue weighted by molar-refractivity contribution is -0.146. The highest BCUT2D eigenvalue weighted by Crippen LogP contribution is 2.25. The summed E-state index contributed by atoms with van der Waals surface area (Å²) >= 11 is 0. The van der Waals surface area contributed by atoms with Crippen molar-refractivity contribution in [3.63, 3.8) is 0 Å². The van der Waals surface area contributed by atoms with Crippen LogP contribution in [0.3, 0.4) is 0 Å². The van der Waals surface area contributed by atoms with E-state index in [1.807, 2.05) is 6.92 Å². The van der Waals surface area contributed by atoms with Gasteiger partial charge >= 0.3 is 5.97 Å². The first-order chi connectivity index (χ1) is 6.69. The highest BCUT2D eigenvalue weighted by atomic mass is 16.5. The molecule has 1 N–H and O–H groups in total. The fourth-order valence-electron chi connectivity index (χ4n) is 1.48. The Labute approximate surface area is 85.6 Å². The molecule has 0 saturated heterocycles. The van der Waals surface area contributed by atoms with Crippen LogP contribution in [-0.2, 0) is 9.53 Å². The van der Waals surface area contributed by atoms with Gasteiger partial charge in [-0.3, -0.25) is 4.79 Å². The molecule has 0 aromatic carbocycles. The van der Waals surface area contributed by atoms with Crippen LogP contribution in [-0.4, -0.2) is 50.2 Å². The van der Waals surface area contributed by atoms with Gasteiger partial charge in [0.2, 0.25) is 0 Å². The second kappa shape index (κ2) is 5.32. The van der Waals surface area contributed by atoms with Gasteiger partial charge in [-0.1, -0.05) is 0 Å². The lowest BCUT2D eigenvalue weighted by Crippen LogP contribution is -2.45. The highest BCUT2D eigenvalue weighted by molar-refractivity contribution is 5.76. The molecule has 0 amide bonds. The molecule has 1 unspecified atom stereocenters. The van der Waals surface area contributed by atoms with Crippen LogP contribution >= 0.6 is 0 Å². The van der Waals surface area contributed by atoms with E-state index in [0.717, 1.165) is 6.54 Å². The van der Waals surface area contributed by atoms with E-state index in [-0.39, 0.29) is 12.0 Å². The van der Waals surface area contributed by atoms with E-state index in [9.17, 15) is 4.79 Å². The third-order valence-corrected chi connectivity index (χ3v) is 2.56. The molecule has 0 spiro atoms. The molecule has 4 nitrogen and oxygen atoms in total. The van der Waals surface area contributed by atoms with Gasteiger partial charge in [-0.2, -0.15) is 0 Å². The minimum atomic E-state index is -0.194. The Bertz CT molecular complexity index is 193. The van der Waals surface area contributed by atoms with Crippen molar-refractivity contribution in [3.8, 4) is 0 Å². The van der Waals surface area contributed by atoms with Gasteiger partial charge in [-0.15, -0.1) is 0 Å². The van der Waals surface area contributed by atoms with Crippen LogP contribution in [0.25, 0.3) is 0 Å². The Hall–Kier alpha value is -0.610. The van der Waals surface area contributed by atoms with E-state index in [2.05, 4.69) is 17.3 Å². The van der Waals surface area contributed by atoms with Crippen molar-refractivity contribution < 1.29 is 9.53 Å². The van der Waals surface area contributed by atoms with Crippen LogP contribution in [0.2, 0.25) is 0 Å². The Morgan fingerprint density at radius 2 is 2.29 bits per heavy atom. The topological polar surface area (TPSA) is 41.6 Å². The molecule has 0 aromatic rings. The van der Waals surface area contributed by atoms with E-state index in [1.165, 1.54) is 12.8 Å². The number of hydrogen-bond acceptors (Lipinski definition) is 4. The van der Waals surface area contributed by atoms with Gasteiger partial charge in [0.25, 0.3) is 0 Å². The first-order valence-corrected chi connectivity index (χ1v) is 5.23. The number of esters is 1. The SMILES string of the molecule is CCOC(=O)C(CN(C)C1CC1)NC. The Balaban J connectivity index is 2.32. The summed E-state index contributed by atoms with van der Waals surface area (Å²) < 4.78 is 4.97. The molecule has 0 aromatic heterocycles. The summed E-state index contributed by atoms with van der Waals surface area (Å²) in [6, 6.07) is 0.487. The number of rotatable bonds is 6. The average Bonchev–Trinajstić information content (AvgIpc) is 2.97. The minimum Gasteiger partial charge on any atom is -0.465 e. The molecule has 0 bridgehead atoms. The lowest BCUT2D eigenvalue weighted by atomic mass is 10.3. The second-order valence-electron chi connectivity index (χ2n) is 3.76. The zero-order valence-corrected chi connectivity index (χ0v) is 9.25. The number of hydrogen-bond donors (Lipinski definition) is 1. The summed E-state index contributed by atoms with van der Waals surface area (Å²) in [5, 5.41) is 2.98. The number of likely N-dealkylation sites (N-methyl/N-ethyl adjacent to an activating group) is 2. The number of carbonyl (C=O) groups excluding carboxylic acids is 1. The largest absolute Gasteiger partial charge is 0.465 e. The maximum atomic E-state index is 11.4. The second-order valence-corrected chi connectivity index (χ2v) is 3.76. The molecule has 1 saturated carbocycles. The molecule has 82 valence electrons. The van der Waals surface area contributed by atoms with Crippen molar-refractivity contribution in [2.75, 3.05) is 27.2 Å². The van der Waals surface area contributed by atoms with Gasteiger partial charge in [0.05, 0.1) is 6.61 Å². The van der Waals surface area contributed by atoms with Gasteiger partial charge in [-0.05, 0) is 33.9 Å². The predicted octanol–water partition coefficient (Wildman–Crippen LogP) is 0.232. The molecule has 0 heterocycles. The summed E-state index contributed by atoms with van der Waals surface area (Å²) in [6.07, 6.45) is 2.52. The van der Waals surface area contributed by atoms with Gasteiger partial charge in [0.15, 0.2) is 0 Å². The average molecular weight is 200 g/mol. The van der Waals surface area contributed by atoms with Crippen LogP contribution in [0, 0.1) is 0 Å². The molecule has 1 fully saturated rings. The fraction of sp³-hybridized carbons (Fsp3) is 0.900. The van der Waals surface area contributed by atoms with Gasteiger partial charge in [0, 0.05) is 12.6 Å². The molecule has 1 aliphatic carbocycles. The molecule has 1 rings (SSSR count). The fourth-order valence-corrected chi connectivity index (χ4v) is 1.48. The quantitative estimate of drug-likeness (QED) is 0.623. The summed E-state index contributed by atoms with van der Waals surface area (Å²) in [5.41, 5.74) is 0. The molecule has 1 atom stereocenters. The first kappa shape index (κ1) is 11.5. The van der Waals surface area contributed by atoms with Crippen LogP contribution in [0.15, 0.2) is 0 Å². The van der Waals surface area contributed by atoms with Crippen LogP contribution in [0.1, 0.15) is 19.8 Å². The first-order valence-electron chi connectivity index (χ1n) is 5.23. The Morgan fingerprint density at radius 3 is 2.71 bits per heavy atom. The predicted molar refractivity (Wildman–Crippen MR) is 55.1 cm³/mol. The van der Waals surface area contributed by atoms with Crippen molar-refractivity contribution >= 4 is 5.97 Å². The van der Waals surface area contributed by atoms with E-state index in [4.69, 9.17) is 4.74 Å². The van der Waals surface area contributed by atoms with Gasteiger partial charge in [-0.25, -0.2) is 0 Å². The number of ether oxygens (including phenoxy) is 1. The minimum absolute atomic E-state index is 0.150. The summed E-state index contributed by atoms with van der Waals surface area (Å²) in [5.74, 6) is -0.150. The van der Waals surface area contributed by atoms with E-state index < -0.39 is 0 Å². The molecule has 14 heavy (non-hydrogen) atoms. The van der Waals surface area contributed by atoms with Crippen molar-refractivity contribution in [1.82, 2.24) is 10.2 Å². The van der Waals surface area contributed by atoms with E-state index in [1.54, 1.807) is 7.05 Å². The zero-order chi connectivity index (χ0) is 10.6. The van der Waals surface area contributed by atoms with E-state index >= 15 is 0 Å². The van der Waals surface area contributed by atoms with Crippen molar-refractivity contribution in [2.45, 2.75) is 31.8 Å². The zero-order valence-electron chi connectivity index (χ0n) is 9.25. The molecule has 4 heteroatoms. The van der Waals surface area contributed by atoms with Gasteiger partial charge in [0.1, 0.15) is 6.04 Å². The highest BCUT2D eigenvalue weighted by Gasteiger charge is 2.29. The van der Waals surface area contributed by atoms with Gasteiger partial charge < -0.3 is 15.0 Å². The molecule has 0 aliphatic heterocycles. The maximum Gasteiger partial charge on any atom is 0.324 e. The third-order valence-electron chi connectivity index (χ3n) is 2.56. The molecule has 1 aliphatic rings. The van der Waals surface area contributed by atoms with Crippen molar-refractivity contribution in [3.05, 3.63) is 0 Å². The number of nitrogens with zero attached hydrogens (tertiary/aromatic N) is 1. The summed E-state index contributed by atoms with van der Waals surface area (Å²) in [4.78, 5) is 13.7. The number of nitrogens with one attached hydrogen (secondary N) is 1. The number of carbonyl (C=O) groups is 1. The summed E-state index contributed by atoms with van der Waals surface area (Å²) in [6.45, 7) is 3.01. The molecular weight excluding hydrogens is 180 g/mol. The smallest absolute Gasteiger partial charge is 0.324 e. The third kappa shape index (κ3) is 3.27. The standard InChI is InChI=1S/C10H20N2O2/c1-4-14-10(13)9(11-2)7-12(3)8-5-6-8/h8-9,11H,4-7H2,1-3H3. The van der Waals surface area contributed by atoms with Crippen molar-refractivity contribution in [2.24, 2.45) is 0 Å². The molecule has 0 radical (unpaired) electrons. The molecular formula is C10H20N2O2. The van der Waals surface area contributed by atoms with E-state index in [0.29, 0.717) is 12.6 Å². The van der Waals surface area contributed by atoms with Crippen LogP contribution < -0.4 is 5.32 Å². The van der Waals surface area contributed by atoms with Crippen molar-refractivity contribution in [1.29, 1.82) is 0 Å².